The van der Waals surface area contributed by atoms with Crippen molar-refractivity contribution in [3.8, 4) is 17.2 Å². The molecule has 45 heavy (non-hydrogen) atoms. The second kappa shape index (κ2) is 15.4. The minimum absolute atomic E-state index is 0.0560. The zero-order valence-electron chi connectivity index (χ0n) is 26.0. The summed E-state index contributed by atoms with van der Waals surface area (Å²) in [4.78, 5) is 29.3. The smallest absolute Gasteiger partial charge is 0.264 e. The largest absolute Gasteiger partial charge is 0.497 e. The number of anilines is 1. The fourth-order valence-corrected chi connectivity index (χ4v) is 7.01. The molecule has 2 amide bonds. The van der Waals surface area contributed by atoms with E-state index in [4.69, 9.17) is 25.8 Å². The van der Waals surface area contributed by atoms with Crippen LogP contribution < -0.4 is 23.8 Å². The number of methoxy groups -OCH3 is 3. The maximum Gasteiger partial charge on any atom is 0.264 e. The van der Waals surface area contributed by atoms with E-state index in [1.165, 1.54) is 49.5 Å². The summed E-state index contributed by atoms with van der Waals surface area (Å²) < 4.78 is 45.4. The van der Waals surface area contributed by atoms with Crippen molar-refractivity contribution in [1.29, 1.82) is 0 Å². The minimum Gasteiger partial charge on any atom is -0.497 e. The Labute approximate surface area is 270 Å². The summed E-state index contributed by atoms with van der Waals surface area (Å²) in [6.07, 6.45) is 4.20. The molecule has 0 heterocycles. The number of halogens is 1. The summed E-state index contributed by atoms with van der Waals surface area (Å²) in [5.74, 6) is 0.426. The van der Waals surface area contributed by atoms with Crippen LogP contribution in [0.4, 0.5) is 5.69 Å². The zero-order valence-corrected chi connectivity index (χ0v) is 27.6. The van der Waals surface area contributed by atoms with Crippen molar-refractivity contribution in [2.45, 2.75) is 62.6 Å². The van der Waals surface area contributed by atoms with E-state index in [1.807, 2.05) is 19.1 Å². The molecule has 1 saturated carbocycles. The lowest BCUT2D eigenvalue weighted by atomic mass is 10.1. The van der Waals surface area contributed by atoms with Crippen molar-refractivity contribution < 1.29 is 32.2 Å². The van der Waals surface area contributed by atoms with Gasteiger partial charge in [0.15, 0.2) is 11.5 Å². The van der Waals surface area contributed by atoms with Crippen molar-refractivity contribution in [2.75, 3.05) is 32.2 Å². The van der Waals surface area contributed by atoms with Crippen LogP contribution >= 0.6 is 11.6 Å². The third kappa shape index (κ3) is 8.20. The summed E-state index contributed by atoms with van der Waals surface area (Å²) >= 11 is 6.13. The van der Waals surface area contributed by atoms with Gasteiger partial charge in [0.25, 0.3) is 10.0 Å². The number of carbonyl (C=O) groups is 2. The molecule has 0 radical (unpaired) electrons. The van der Waals surface area contributed by atoms with Gasteiger partial charge in [0.2, 0.25) is 11.8 Å². The average molecular weight is 658 g/mol. The lowest BCUT2D eigenvalue weighted by Gasteiger charge is -2.34. The number of amides is 2. The van der Waals surface area contributed by atoms with Crippen LogP contribution in [0.25, 0.3) is 0 Å². The number of nitrogens with zero attached hydrogens (tertiary/aromatic N) is 2. The highest BCUT2D eigenvalue weighted by molar-refractivity contribution is 7.92. The Bertz CT molecular complexity index is 1560. The van der Waals surface area contributed by atoms with Gasteiger partial charge in [-0.05, 0) is 73.4 Å². The maximum absolute atomic E-state index is 14.3. The summed E-state index contributed by atoms with van der Waals surface area (Å²) in [5.41, 5.74) is 0.993. The van der Waals surface area contributed by atoms with E-state index < -0.39 is 28.5 Å². The SMILES string of the molecule is CC[C@H](C(=O)NC1CCCC1)N(Cc1ccc(OC)cc1)C(=O)CN(c1ccc(Cl)cc1)S(=O)(=O)c1ccc(OC)c(OC)c1. The van der Waals surface area contributed by atoms with Gasteiger partial charge in [-0.2, -0.15) is 0 Å². The van der Waals surface area contributed by atoms with E-state index in [1.54, 1.807) is 31.4 Å². The lowest BCUT2D eigenvalue weighted by molar-refractivity contribution is -0.140. The monoisotopic (exact) mass is 657 g/mol. The van der Waals surface area contributed by atoms with Crippen molar-refractivity contribution in [3.05, 3.63) is 77.3 Å². The minimum atomic E-state index is -4.32. The second-order valence-corrected chi connectivity index (χ2v) is 13.1. The summed E-state index contributed by atoms with van der Waals surface area (Å²) in [6, 6.07) is 16.8. The molecule has 0 bridgehead atoms. The lowest BCUT2D eigenvalue weighted by Crippen LogP contribution is -2.53. The fraction of sp³-hybridized carbons (Fsp3) is 0.394. The number of hydrogen-bond donors (Lipinski definition) is 1. The van der Waals surface area contributed by atoms with Crippen molar-refractivity contribution in [2.24, 2.45) is 0 Å². The van der Waals surface area contributed by atoms with E-state index >= 15 is 0 Å². The van der Waals surface area contributed by atoms with Gasteiger partial charge in [-0.1, -0.05) is 43.5 Å². The van der Waals surface area contributed by atoms with Crippen LogP contribution in [-0.2, 0) is 26.2 Å². The molecule has 10 nitrogen and oxygen atoms in total. The highest BCUT2D eigenvalue weighted by Gasteiger charge is 2.35. The number of sulfonamides is 1. The number of hydrogen-bond acceptors (Lipinski definition) is 7. The van der Waals surface area contributed by atoms with Crippen LogP contribution in [-0.4, -0.2) is 65.1 Å². The predicted molar refractivity (Wildman–Crippen MR) is 174 cm³/mol. The first-order valence-electron chi connectivity index (χ1n) is 14.8. The molecule has 4 rings (SSSR count). The van der Waals surface area contributed by atoms with Crippen molar-refractivity contribution >= 4 is 39.1 Å². The highest BCUT2D eigenvalue weighted by Crippen LogP contribution is 2.33. The Hall–Kier alpha value is -3.96. The van der Waals surface area contributed by atoms with Gasteiger partial charge >= 0.3 is 0 Å². The van der Waals surface area contributed by atoms with Crippen LogP contribution in [0.3, 0.4) is 0 Å². The molecule has 1 fully saturated rings. The van der Waals surface area contributed by atoms with Gasteiger partial charge in [-0.15, -0.1) is 0 Å². The summed E-state index contributed by atoms with van der Waals surface area (Å²) in [6.45, 7) is 1.36. The molecule has 0 aromatic heterocycles. The van der Waals surface area contributed by atoms with Gasteiger partial charge in [0.1, 0.15) is 18.3 Å². The molecular formula is C33H40ClN3O7S. The Morgan fingerprint density at radius 2 is 1.56 bits per heavy atom. The molecule has 1 aliphatic rings. The number of rotatable bonds is 14. The van der Waals surface area contributed by atoms with E-state index in [-0.39, 0.29) is 34.8 Å². The normalized spacial score (nSPS) is 14.0. The predicted octanol–water partition coefficient (Wildman–Crippen LogP) is 5.43. The standard InChI is InChI=1S/C33H40ClN3O7S/c1-5-29(33(39)35-25-8-6-7-9-25)36(21-23-10-16-27(42-2)17-11-23)32(38)22-37(26-14-12-24(34)13-15-26)45(40,41)28-18-19-30(43-3)31(20-28)44-4/h10-20,25,29H,5-9,21-22H2,1-4H3,(H,35,39)/t29-/m1/s1. The van der Waals surface area contributed by atoms with Gasteiger partial charge in [0, 0.05) is 23.7 Å². The summed E-state index contributed by atoms with van der Waals surface area (Å²) in [5, 5.41) is 3.52. The Morgan fingerprint density at radius 3 is 2.13 bits per heavy atom. The van der Waals surface area contributed by atoms with Gasteiger partial charge in [-0.3, -0.25) is 13.9 Å². The third-order valence-corrected chi connectivity index (χ3v) is 9.96. The number of benzene rings is 3. The third-order valence-electron chi connectivity index (χ3n) is 7.94. The van der Waals surface area contributed by atoms with Crippen LogP contribution in [0.1, 0.15) is 44.6 Å². The fourth-order valence-electron chi connectivity index (χ4n) is 5.45. The Morgan fingerprint density at radius 1 is 0.911 bits per heavy atom. The Balaban J connectivity index is 1.73. The quantitative estimate of drug-likeness (QED) is 0.246. The molecule has 0 saturated heterocycles. The highest BCUT2D eigenvalue weighted by atomic mass is 35.5. The van der Waals surface area contributed by atoms with Gasteiger partial charge in [-0.25, -0.2) is 8.42 Å². The number of nitrogens with one attached hydrogen (secondary N) is 1. The first-order chi connectivity index (χ1) is 21.6. The molecule has 3 aromatic rings. The number of ether oxygens (including phenoxy) is 3. The molecule has 1 N–H and O–H groups in total. The van der Waals surface area contributed by atoms with E-state index in [0.717, 1.165) is 35.6 Å². The topological polar surface area (TPSA) is 114 Å². The first-order valence-corrected chi connectivity index (χ1v) is 16.7. The molecule has 0 spiro atoms. The Kier molecular flexibility index (Phi) is 11.6. The van der Waals surface area contributed by atoms with E-state index in [9.17, 15) is 18.0 Å². The van der Waals surface area contributed by atoms with Gasteiger partial charge < -0.3 is 24.4 Å². The van der Waals surface area contributed by atoms with Crippen LogP contribution in [0.2, 0.25) is 5.02 Å². The van der Waals surface area contributed by atoms with E-state index in [2.05, 4.69) is 5.32 Å². The van der Waals surface area contributed by atoms with Gasteiger partial charge in [0.05, 0.1) is 31.9 Å². The van der Waals surface area contributed by atoms with Crippen LogP contribution in [0.5, 0.6) is 17.2 Å². The molecule has 3 aromatic carbocycles. The molecule has 12 heteroatoms. The van der Waals surface area contributed by atoms with Crippen LogP contribution in [0.15, 0.2) is 71.6 Å². The second-order valence-electron chi connectivity index (χ2n) is 10.8. The average Bonchev–Trinajstić information content (AvgIpc) is 3.56. The molecule has 0 unspecified atom stereocenters. The van der Waals surface area contributed by atoms with E-state index in [0.29, 0.717) is 22.9 Å². The molecule has 1 atom stereocenters. The maximum atomic E-state index is 14.3. The van der Waals surface area contributed by atoms with Crippen molar-refractivity contribution in [3.63, 3.8) is 0 Å². The molecule has 242 valence electrons. The molecule has 0 aliphatic heterocycles. The first kappa shape index (κ1) is 33.9. The zero-order chi connectivity index (χ0) is 32.6. The van der Waals surface area contributed by atoms with Crippen molar-refractivity contribution in [1.82, 2.24) is 10.2 Å². The molecular weight excluding hydrogens is 618 g/mol. The van der Waals surface area contributed by atoms with Crippen LogP contribution in [0, 0.1) is 0 Å². The summed E-state index contributed by atoms with van der Waals surface area (Å²) in [7, 11) is 0.112. The molecule has 1 aliphatic carbocycles. The number of carbonyl (C=O) groups excluding carboxylic acids is 2.